The zero-order valence-corrected chi connectivity index (χ0v) is 19.1. The van der Waals surface area contributed by atoms with Gasteiger partial charge in [-0.1, -0.05) is 13.0 Å². The van der Waals surface area contributed by atoms with Crippen molar-refractivity contribution < 1.29 is 23.0 Å². The van der Waals surface area contributed by atoms with Crippen molar-refractivity contribution in [3.8, 4) is 17.1 Å². The number of piperidine rings is 1. The van der Waals surface area contributed by atoms with Crippen LogP contribution in [0.15, 0.2) is 36.5 Å². The van der Waals surface area contributed by atoms with Gasteiger partial charge in [0.05, 0.1) is 48.1 Å². The lowest BCUT2D eigenvalue weighted by atomic mass is 9.92. The van der Waals surface area contributed by atoms with Crippen LogP contribution in [-0.4, -0.2) is 46.9 Å². The molecule has 1 fully saturated rings. The predicted molar refractivity (Wildman–Crippen MR) is 126 cm³/mol. The van der Waals surface area contributed by atoms with Gasteiger partial charge in [0.1, 0.15) is 23.1 Å². The van der Waals surface area contributed by atoms with Crippen LogP contribution in [0.3, 0.4) is 0 Å². The first-order valence-corrected chi connectivity index (χ1v) is 11.5. The number of nitrogens with one attached hydrogen (secondary N) is 1. The fourth-order valence-electron chi connectivity index (χ4n) is 4.78. The average molecular weight is 486 g/mol. The molecule has 2 aliphatic heterocycles. The van der Waals surface area contributed by atoms with E-state index in [-0.39, 0.29) is 18.2 Å². The number of aromatic nitrogens is 2. The molecule has 2 aromatic heterocycles. The van der Waals surface area contributed by atoms with Crippen LogP contribution in [0.2, 0.25) is 0 Å². The van der Waals surface area contributed by atoms with E-state index in [2.05, 4.69) is 20.2 Å². The third-order valence-corrected chi connectivity index (χ3v) is 6.54. The quantitative estimate of drug-likeness (QED) is 0.511. The molecule has 0 bridgehead atoms. The van der Waals surface area contributed by atoms with E-state index in [0.717, 1.165) is 29.4 Å². The number of rotatable bonds is 5. The number of aliphatic hydroxyl groups is 1. The van der Waals surface area contributed by atoms with Crippen LogP contribution in [-0.2, 0) is 13.0 Å². The van der Waals surface area contributed by atoms with Crippen molar-refractivity contribution in [1.82, 2.24) is 9.97 Å². The lowest BCUT2D eigenvalue weighted by Gasteiger charge is -2.41. The van der Waals surface area contributed by atoms with Crippen molar-refractivity contribution in [3.63, 3.8) is 0 Å². The van der Waals surface area contributed by atoms with E-state index < -0.39 is 35.2 Å². The van der Waals surface area contributed by atoms with Crippen LogP contribution in [0.1, 0.15) is 18.2 Å². The van der Waals surface area contributed by atoms with Crippen molar-refractivity contribution in [2.24, 2.45) is 11.7 Å². The number of benzene rings is 1. The van der Waals surface area contributed by atoms with Crippen molar-refractivity contribution >= 4 is 11.4 Å². The summed E-state index contributed by atoms with van der Waals surface area (Å²) in [6.45, 7) is 3.70. The molecule has 0 spiro atoms. The van der Waals surface area contributed by atoms with Gasteiger partial charge in [0.15, 0.2) is 0 Å². The summed E-state index contributed by atoms with van der Waals surface area (Å²) in [5.74, 6) is -2.05. The number of nitrogens with two attached hydrogens (primary N) is 1. The number of hydrogen-bond donors (Lipinski definition) is 3. The fraction of sp³-hybridized carbons (Fsp3) is 0.360. The van der Waals surface area contributed by atoms with Gasteiger partial charge in [-0.3, -0.25) is 0 Å². The summed E-state index contributed by atoms with van der Waals surface area (Å²) in [6, 6.07) is 5.55. The minimum atomic E-state index is -0.885. The molecule has 4 N–H and O–H groups in total. The molecule has 35 heavy (non-hydrogen) atoms. The van der Waals surface area contributed by atoms with E-state index in [1.54, 1.807) is 6.20 Å². The van der Waals surface area contributed by atoms with Crippen LogP contribution in [0.5, 0.6) is 5.88 Å². The van der Waals surface area contributed by atoms with Crippen molar-refractivity contribution in [3.05, 3.63) is 65.2 Å². The second-order valence-corrected chi connectivity index (χ2v) is 9.02. The Morgan fingerprint density at radius 2 is 1.91 bits per heavy atom. The normalized spacial score (nSPS) is 21.5. The Balaban J connectivity index is 1.45. The van der Waals surface area contributed by atoms with Crippen LogP contribution < -0.4 is 20.7 Å². The number of ether oxygens (including phenoxy) is 1. The van der Waals surface area contributed by atoms with Gasteiger partial charge in [-0.05, 0) is 24.3 Å². The molecule has 7 nitrogen and oxygen atoms in total. The molecule has 0 unspecified atom stereocenters. The summed E-state index contributed by atoms with van der Waals surface area (Å²) in [5, 5.41) is 13.6. The summed E-state index contributed by atoms with van der Waals surface area (Å²) < 4.78 is 48.6. The zero-order valence-electron chi connectivity index (χ0n) is 19.1. The van der Waals surface area contributed by atoms with Crippen LogP contribution in [0.25, 0.3) is 11.3 Å². The number of pyridine rings is 2. The van der Waals surface area contributed by atoms with Gasteiger partial charge in [0, 0.05) is 37.0 Å². The maximum absolute atomic E-state index is 14.5. The van der Waals surface area contributed by atoms with Crippen LogP contribution in [0, 0.1) is 23.4 Å². The van der Waals surface area contributed by atoms with E-state index in [4.69, 9.17) is 10.5 Å². The number of fused-ring (bicyclic) bond motifs is 1. The molecule has 0 radical (unpaired) electrons. The third-order valence-electron chi connectivity index (χ3n) is 6.54. The lowest BCUT2D eigenvalue weighted by Crippen LogP contribution is -2.56. The molecule has 0 amide bonds. The Morgan fingerprint density at radius 3 is 2.66 bits per heavy atom. The summed E-state index contributed by atoms with van der Waals surface area (Å²) >= 11 is 0. The molecule has 3 atom stereocenters. The fourth-order valence-corrected chi connectivity index (χ4v) is 4.78. The summed E-state index contributed by atoms with van der Waals surface area (Å²) in [5.41, 5.74) is 8.26. The van der Waals surface area contributed by atoms with Crippen molar-refractivity contribution in [2.45, 2.75) is 32.0 Å². The first-order chi connectivity index (χ1) is 16.8. The lowest BCUT2D eigenvalue weighted by molar-refractivity contribution is 0.0785. The molecule has 3 aromatic rings. The number of anilines is 2. The van der Waals surface area contributed by atoms with Crippen LogP contribution in [0.4, 0.5) is 24.5 Å². The highest BCUT2D eigenvalue weighted by Crippen LogP contribution is 2.40. The first kappa shape index (κ1) is 23.4. The van der Waals surface area contributed by atoms with Crippen molar-refractivity contribution in [2.75, 3.05) is 29.9 Å². The highest BCUT2D eigenvalue weighted by atomic mass is 19.1. The Hall–Kier alpha value is -3.37. The summed E-state index contributed by atoms with van der Waals surface area (Å²) in [4.78, 5) is 10.7. The topological polar surface area (TPSA) is 96.5 Å². The molecule has 2 aliphatic rings. The number of halogens is 3. The molecular weight excluding hydrogens is 459 g/mol. The standard InChI is InChI=1S/C25H26F3N5O2/c1-13-11-33(12-19(29)24(13)34)23-15-7-8-35-25(15)31-10-20(23)30-9-14-5-6-18(28)22(32-14)21-16(26)3-2-4-17(21)27/h2-6,10,13,19,24,30,34H,7-9,11-12,29H2,1H3/t13-,19+,24+/m0/s1. The SMILES string of the molecule is C[C@H]1CN(c2c(NCc3ccc(F)c(-c4c(F)cccc4F)n3)cnc3c2CCO3)C[C@@H](N)[C@@H]1O. The minimum absolute atomic E-state index is 0.0327. The van der Waals surface area contributed by atoms with Gasteiger partial charge < -0.3 is 25.8 Å². The highest BCUT2D eigenvalue weighted by molar-refractivity contribution is 5.76. The average Bonchev–Trinajstić information content (AvgIpc) is 3.31. The second kappa shape index (κ2) is 9.35. The number of nitrogens with zero attached hydrogens (tertiary/aromatic N) is 3. The van der Waals surface area contributed by atoms with Gasteiger partial charge >= 0.3 is 0 Å². The second-order valence-electron chi connectivity index (χ2n) is 9.02. The van der Waals surface area contributed by atoms with E-state index in [1.807, 2.05) is 6.92 Å². The smallest absolute Gasteiger partial charge is 0.218 e. The number of aliphatic hydroxyl groups excluding tert-OH is 1. The molecule has 4 heterocycles. The van der Waals surface area contributed by atoms with Gasteiger partial charge in [-0.15, -0.1) is 0 Å². The van der Waals surface area contributed by atoms with E-state index in [1.165, 1.54) is 12.1 Å². The Morgan fingerprint density at radius 1 is 1.14 bits per heavy atom. The predicted octanol–water partition coefficient (Wildman–Crippen LogP) is 3.25. The Bertz CT molecular complexity index is 1230. The van der Waals surface area contributed by atoms with Crippen LogP contribution >= 0.6 is 0 Å². The molecule has 0 aliphatic carbocycles. The maximum Gasteiger partial charge on any atom is 0.218 e. The van der Waals surface area contributed by atoms with Gasteiger partial charge in [0.25, 0.3) is 0 Å². The van der Waals surface area contributed by atoms with Crippen molar-refractivity contribution in [1.29, 1.82) is 0 Å². The van der Waals surface area contributed by atoms with Gasteiger partial charge in [-0.2, -0.15) is 0 Å². The minimum Gasteiger partial charge on any atom is -0.477 e. The maximum atomic E-state index is 14.5. The van der Waals surface area contributed by atoms with Gasteiger partial charge in [-0.25, -0.2) is 23.1 Å². The van der Waals surface area contributed by atoms with E-state index >= 15 is 0 Å². The zero-order chi connectivity index (χ0) is 24.7. The Labute approximate surface area is 200 Å². The molecule has 10 heteroatoms. The third kappa shape index (κ3) is 4.39. The molecular formula is C25H26F3N5O2. The highest BCUT2D eigenvalue weighted by Gasteiger charge is 2.34. The van der Waals surface area contributed by atoms with E-state index in [0.29, 0.717) is 43.4 Å². The molecule has 0 saturated carbocycles. The molecule has 5 rings (SSSR count). The molecule has 184 valence electrons. The molecule has 1 aromatic carbocycles. The monoisotopic (exact) mass is 485 g/mol. The largest absolute Gasteiger partial charge is 0.477 e. The summed E-state index contributed by atoms with van der Waals surface area (Å²) in [7, 11) is 0. The summed E-state index contributed by atoms with van der Waals surface area (Å²) in [6.07, 6.45) is 1.75. The number of hydrogen-bond acceptors (Lipinski definition) is 7. The molecule has 1 saturated heterocycles. The van der Waals surface area contributed by atoms with E-state index in [9.17, 15) is 18.3 Å². The first-order valence-electron chi connectivity index (χ1n) is 11.5. The van der Waals surface area contributed by atoms with Gasteiger partial charge in [0.2, 0.25) is 5.88 Å². The Kier molecular flexibility index (Phi) is 6.24.